The number of amides is 2. The van der Waals surface area contributed by atoms with Crippen LogP contribution in [0.2, 0.25) is 0 Å². The van der Waals surface area contributed by atoms with Gasteiger partial charge in [-0.2, -0.15) is 0 Å². The molecule has 1 aromatic heterocycles. The first-order chi connectivity index (χ1) is 16.2. The fourth-order valence-corrected chi connectivity index (χ4v) is 4.69. The number of nitrogens with one attached hydrogen (secondary N) is 3. The number of thiophene rings is 1. The number of carbonyl (C=O) groups excluding carboxylic acids is 3. The normalized spacial score (nSPS) is 10.4. The van der Waals surface area contributed by atoms with Crippen LogP contribution in [0.1, 0.15) is 48.4 Å². The van der Waals surface area contributed by atoms with Gasteiger partial charge >= 0.3 is 5.97 Å². The maximum atomic E-state index is 13.0. The lowest BCUT2D eigenvalue weighted by molar-refractivity contribution is 0.0527. The van der Waals surface area contributed by atoms with E-state index in [4.69, 9.17) is 17.0 Å². The van der Waals surface area contributed by atoms with Gasteiger partial charge < -0.3 is 15.4 Å². The zero-order valence-corrected chi connectivity index (χ0v) is 21.9. The summed E-state index contributed by atoms with van der Waals surface area (Å²) in [6.45, 7) is 5.43. The molecule has 0 spiro atoms. The number of para-hydroxylation sites is 1. The molecule has 3 aromatic rings. The largest absolute Gasteiger partial charge is 0.462 e. The van der Waals surface area contributed by atoms with E-state index in [1.807, 2.05) is 25.1 Å². The highest BCUT2D eigenvalue weighted by molar-refractivity contribution is 9.10. The average Bonchev–Trinajstić information content (AvgIpc) is 3.11. The third-order valence-electron chi connectivity index (χ3n) is 4.79. The van der Waals surface area contributed by atoms with E-state index in [1.54, 1.807) is 44.2 Å². The Bertz CT molecular complexity index is 1260. The molecular weight excluding hydrogens is 538 g/mol. The average molecular weight is 560 g/mol. The minimum atomic E-state index is -0.587. The third kappa shape index (κ3) is 6.07. The minimum absolute atomic E-state index is 0.00872. The first-order valence-corrected chi connectivity index (χ1v) is 12.3. The van der Waals surface area contributed by atoms with Crippen molar-refractivity contribution in [3.8, 4) is 0 Å². The molecule has 10 heteroatoms. The fraction of sp³-hybridized carbons (Fsp3) is 0.167. The summed E-state index contributed by atoms with van der Waals surface area (Å²) in [5.74, 6) is -1.36. The van der Waals surface area contributed by atoms with Gasteiger partial charge in [0.1, 0.15) is 5.00 Å². The van der Waals surface area contributed by atoms with Gasteiger partial charge in [-0.1, -0.05) is 34.1 Å². The molecule has 0 saturated heterocycles. The number of aryl methyl sites for hydroxylation is 1. The van der Waals surface area contributed by atoms with Crippen LogP contribution < -0.4 is 16.0 Å². The van der Waals surface area contributed by atoms with Crippen LogP contribution in [0, 0.1) is 13.8 Å². The van der Waals surface area contributed by atoms with Crippen molar-refractivity contribution in [1.82, 2.24) is 5.32 Å². The Morgan fingerprint density at radius 1 is 1.00 bits per heavy atom. The number of thiocarbonyl (C=S) groups is 1. The van der Waals surface area contributed by atoms with Crippen molar-refractivity contribution in [1.29, 1.82) is 0 Å². The first-order valence-electron chi connectivity index (χ1n) is 10.3. The smallest absolute Gasteiger partial charge is 0.341 e. The van der Waals surface area contributed by atoms with Crippen LogP contribution in [0.25, 0.3) is 0 Å². The molecule has 0 saturated carbocycles. The summed E-state index contributed by atoms with van der Waals surface area (Å²) in [5, 5.41) is 8.65. The number of halogens is 1. The second-order valence-corrected chi connectivity index (χ2v) is 9.51. The number of benzene rings is 2. The number of esters is 1. The Labute approximate surface area is 215 Å². The number of anilines is 2. The summed E-state index contributed by atoms with van der Waals surface area (Å²) in [6, 6.07) is 14.2. The summed E-state index contributed by atoms with van der Waals surface area (Å²) in [5.41, 5.74) is 2.65. The topological polar surface area (TPSA) is 96.5 Å². The highest BCUT2D eigenvalue weighted by Gasteiger charge is 2.26. The summed E-state index contributed by atoms with van der Waals surface area (Å²) < 4.78 is 6.03. The third-order valence-corrected chi connectivity index (χ3v) is 6.73. The van der Waals surface area contributed by atoms with E-state index >= 15 is 0 Å². The van der Waals surface area contributed by atoms with Gasteiger partial charge in [-0.25, -0.2) is 4.79 Å². The van der Waals surface area contributed by atoms with Crippen LogP contribution in [0.4, 0.5) is 10.7 Å². The lowest BCUT2D eigenvalue weighted by Crippen LogP contribution is -2.34. The Morgan fingerprint density at radius 3 is 2.32 bits per heavy atom. The van der Waals surface area contributed by atoms with Crippen molar-refractivity contribution in [2.45, 2.75) is 20.8 Å². The summed E-state index contributed by atoms with van der Waals surface area (Å²) >= 11 is 9.67. The second-order valence-electron chi connectivity index (χ2n) is 7.16. The lowest BCUT2D eigenvalue weighted by atomic mass is 10.1. The Hall–Kier alpha value is -3.08. The molecule has 3 N–H and O–H groups in total. The van der Waals surface area contributed by atoms with Gasteiger partial charge in [-0.15, -0.1) is 11.3 Å². The van der Waals surface area contributed by atoms with Crippen molar-refractivity contribution in [3.63, 3.8) is 0 Å². The van der Waals surface area contributed by atoms with E-state index in [-0.39, 0.29) is 23.2 Å². The number of carbonyl (C=O) groups is 3. The molecule has 0 fully saturated rings. The van der Waals surface area contributed by atoms with E-state index in [0.717, 1.165) is 21.4 Å². The monoisotopic (exact) mass is 559 g/mol. The molecule has 0 radical (unpaired) electrons. The van der Waals surface area contributed by atoms with Crippen molar-refractivity contribution in [2.75, 3.05) is 17.2 Å². The van der Waals surface area contributed by atoms with Crippen molar-refractivity contribution in [2.24, 2.45) is 0 Å². The van der Waals surface area contributed by atoms with Gasteiger partial charge in [0.25, 0.3) is 11.8 Å². The molecule has 2 aromatic carbocycles. The maximum Gasteiger partial charge on any atom is 0.341 e. The lowest BCUT2D eigenvalue weighted by Gasteiger charge is -2.10. The highest BCUT2D eigenvalue weighted by Crippen LogP contribution is 2.34. The summed E-state index contributed by atoms with van der Waals surface area (Å²) in [7, 11) is 0. The summed E-state index contributed by atoms with van der Waals surface area (Å²) in [4.78, 5) is 38.5. The number of rotatable bonds is 6. The Kier molecular flexibility index (Phi) is 8.54. The predicted molar refractivity (Wildman–Crippen MR) is 142 cm³/mol. The van der Waals surface area contributed by atoms with Gasteiger partial charge in [-0.3, -0.25) is 14.9 Å². The van der Waals surface area contributed by atoms with E-state index in [0.29, 0.717) is 26.7 Å². The van der Waals surface area contributed by atoms with Gasteiger partial charge in [0.2, 0.25) is 0 Å². The molecule has 34 heavy (non-hydrogen) atoms. The molecular formula is C24H22BrN3O4S2. The maximum absolute atomic E-state index is 13.0. The molecule has 1 heterocycles. The second kappa shape index (κ2) is 11.4. The van der Waals surface area contributed by atoms with Crippen LogP contribution in [0.5, 0.6) is 0 Å². The van der Waals surface area contributed by atoms with Crippen LogP contribution in [0.3, 0.4) is 0 Å². The van der Waals surface area contributed by atoms with Crippen LogP contribution in [0.15, 0.2) is 53.0 Å². The van der Waals surface area contributed by atoms with Gasteiger partial charge in [0.05, 0.1) is 17.0 Å². The number of hydrogen-bond donors (Lipinski definition) is 3. The molecule has 0 aliphatic heterocycles. The minimum Gasteiger partial charge on any atom is -0.462 e. The molecule has 176 valence electrons. The molecule has 7 nitrogen and oxygen atoms in total. The number of hydrogen-bond acceptors (Lipinski definition) is 6. The highest BCUT2D eigenvalue weighted by atomic mass is 79.9. The standard InChI is InChI=1S/C24H22BrN3O4S2/c1-4-32-23(31)18-14(3)19(21(30)26-17-8-6-5-7-13(17)2)34-22(18)28-24(33)27-20(29)15-9-11-16(25)12-10-15/h5-12H,4H2,1-3H3,(H,26,30)(H2,27,28,29,33). The Balaban J connectivity index is 1.85. The number of ether oxygens (including phenoxy) is 1. The van der Waals surface area contributed by atoms with Gasteiger partial charge in [-0.05, 0) is 74.4 Å². The molecule has 2 amide bonds. The van der Waals surface area contributed by atoms with Gasteiger partial charge in [0.15, 0.2) is 5.11 Å². The fourth-order valence-electron chi connectivity index (χ4n) is 3.07. The Morgan fingerprint density at radius 2 is 1.68 bits per heavy atom. The molecule has 0 atom stereocenters. The van der Waals surface area contributed by atoms with E-state index in [9.17, 15) is 14.4 Å². The zero-order chi connectivity index (χ0) is 24.8. The van der Waals surface area contributed by atoms with E-state index in [1.165, 1.54) is 0 Å². The van der Waals surface area contributed by atoms with E-state index in [2.05, 4.69) is 31.9 Å². The molecule has 0 bridgehead atoms. The predicted octanol–water partition coefficient (Wildman–Crippen LogP) is 5.68. The SMILES string of the molecule is CCOC(=O)c1c(NC(=S)NC(=O)c2ccc(Br)cc2)sc(C(=O)Nc2ccccc2C)c1C. The van der Waals surface area contributed by atoms with Crippen LogP contribution >= 0.6 is 39.5 Å². The molecule has 0 unspecified atom stereocenters. The van der Waals surface area contributed by atoms with Crippen molar-refractivity contribution in [3.05, 3.63) is 80.1 Å². The van der Waals surface area contributed by atoms with Crippen LogP contribution in [-0.4, -0.2) is 29.5 Å². The van der Waals surface area contributed by atoms with Gasteiger partial charge in [0, 0.05) is 15.7 Å². The van der Waals surface area contributed by atoms with Crippen molar-refractivity contribution >= 4 is 73.1 Å². The van der Waals surface area contributed by atoms with E-state index < -0.39 is 11.9 Å². The molecule has 0 aliphatic rings. The first kappa shape index (κ1) is 25.5. The zero-order valence-electron chi connectivity index (χ0n) is 18.7. The van der Waals surface area contributed by atoms with Crippen molar-refractivity contribution < 1.29 is 19.1 Å². The molecule has 0 aliphatic carbocycles. The quantitative estimate of drug-likeness (QED) is 0.265. The van der Waals surface area contributed by atoms with Crippen LogP contribution in [-0.2, 0) is 4.74 Å². The molecule has 3 rings (SSSR count). The summed E-state index contributed by atoms with van der Waals surface area (Å²) in [6.07, 6.45) is 0.